The van der Waals surface area contributed by atoms with Crippen LogP contribution in [0.15, 0.2) is 48.7 Å². The van der Waals surface area contributed by atoms with Crippen molar-refractivity contribution in [2.75, 3.05) is 0 Å². The summed E-state index contributed by atoms with van der Waals surface area (Å²) in [7, 11) is 0. The van der Waals surface area contributed by atoms with Crippen molar-refractivity contribution >= 4 is 5.91 Å². The zero-order chi connectivity index (χ0) is 15.9. The third kappa shape index (κ3) is 4.07. The molecule has 1 heterocycles. The lowest BCUT2D eigenvalue weighted by Crippen LogP contribution is -2.33. The first-order chi connectivity index (χ1) is 10.6. The molecule has 4 nitrogen and oxygen atoms in total. The van der Waals surface area contributed by atoms with Gasteiger partial charge < -0.3 is 4.84 Å². The molecule has 0 N–H and O–H groups in total. The quantitative estimate of drug-likeness (QED) is 0.759. The number of nitrogens with zero attached hydrogens (tertiary/aromatic N) is 2. The number of pyridine rings is 1. The van der Waals surface area contributed by atoms with Gasteiger partial charge in [0, 0.05) is 12.6 Å². The van der Waals surface area contributed by atoms with E-state index in [0.29, 0.717) is 18.9 Å². The van der Waals surface area contributed by atoms with Crippen LogP contribution in [0.3, 0.4) is 0 Å². The van der Waals surface area contributed by atoms with Crippen LogP contribution >= 0.6 is 0 Å². The fourth-order valence-corrected chi connectivity index (χ4v) is 2.15. The molecule has 2 rings (SSSR count). The van der Waals surface area contributed by atoms with Gasteiger partial charge >= 0.3 is 0 Å². The summed E-state index contributed by atoms with van der Waals surface area (Å²) in [6.45, 7) is 6.37. The molecule has 0 fully saturated rings. The summed E-state index contributed by atoms with van der Waals surface area (Å²) in [5.74, 6) is 0.976. The Morgan fingerprint density at radius 1 is 1.18 bits per heavy atom. The molecular weight excluding hydrogens is 276 g/mol. The standard InChI is InChI=1S/C18H22N2O2/c1-4-18(21)20(13-15-9-7-8-12-19-15)22-17-11-6-5-10-16(17)14(2)3/h5-12,14H,4,13H2,1-3H3. The maximum atomic E-state index is 12.2. The Labute approximate surface area is 131 Å². The van der Waals surface area contributed by atoms with Crippen LogP contribution in [0.4, 0.5) is 0 Å². The van der Waals surface area contributed by atoms with Crippen molar-refractivity contribution in [3.05, 3.63) is 59.9 Å². The molecule has 2 aromatic rings. The van der Waals surface area contributed by atoms with Gasteiger partial charge in [-0.25, -0.2) is 0 Å². The molecule has 0 saturated heterocycles. The van der Waals surface area contributed by atoms with Crippen molar-refractivity contribution < 1.29 is 9.63 Å². The molecule has 0 aliphatic carbocycles. The Morgan fingerprint density at radius 3 is 2.55 bits per heavy atom. The van der Waals surface area contributed by atoms with E-state index in [4.69, 9.17) is 4.84 Å². The van der Waals surface area contributed by atoms with E-state index < -0.39 is 0 Å². The number of carbonyl (C=O) groups is 1. The first-order valence-electron chi connectivity index (χ1n) is 7.59. The Bertz CT molecular complexity index is 611. The average molecular weight is 298 g/mol. The number of benzene rings is 1. The van der Waals surface area contributed by atoms with Gasteiger partial charge in [0.25, 0.3) is 5.91 Å². The Kier molecular flexibility index (Phi) is 5.53. The van der Waals surface area contributed by atoms with Crippen LogP contribution in [-0.2, 0) is 11.3 Å². The van der Waals surface area contributed by atoms with Gasteiger partial charge in [0.15, 0.2) is 5.75 Å². The second-order valence-electron chi connectivity index (χ2n) is 5.39. The lowest BCUT2D eigenvalue weighted by atomic mass is 10.0. The van der Waals surface area contributed by atoms with E-state index in [1.165, 1.54) is 5.06 Å². The summed E-state index contributed by atoms with van der Waals surface area (Å²) in [4.78, 5) is 22.3. The van der Waals surface area contributed by atoms with Gasteiger partial charge in [0.05, 0.1) is 5.69 Å². The highest BCUT2D eigenvalue weighted by atomic mass is 16.7. The predicted molar refractivity (Wildman–Crippen MR) is 86.2 cm³/mol. The monoisotopic (exact) mass is 298 g/mol. The molecule has 0 spiro atoms. The molecule has 0 aliphatic heterocycles. The van der Waals surface area contributed by atoms with Gasteiger partial charge in [-0.1, -0.05) is 45.0 Å². The van der Waals surface area contributed by atoms with Crippen molar-refractivity contribution in [3.8, 4) is 5.75 Å². The van der Waals surface area contributed by atoms with Crippen molar-refractivity contribution in [1.29, 1.82) is 0 Å². The van der Waals surface area contributed by atoms with E-state index in [2.05, 4.69) is 18.8 Å². The summed E-state index contributed by atoms with van der Waals surface area (Å²) < 4.78 is 0. The van der Waals surface area contributed by atoms with Crippen LogP contribution in [0, 0.1) is 0 Å². The minimum absolute atomic E-state index is 0.0655. The van der Waals surface area contributed by atoms with E-state index in [9.17, 15) is 4.79 Å². The lowest BCUT2D eigenvalue weighted by molar-refractivity contribution is -0.159. The third-order valence-corrected chi connectivity index (χ3v) is 3.36. The number of carbonyl (C=O) groups excluding carboxylic acids is 1. The predicted octanol–water partition coefficient (Wildman–Crippen LogP) is 3.94. The van der Waals surface area contributed by atoms with E-state index in [-0.39, 0.29) is 5.91 Å². The maximum absolute atomic E-state index is 12.2. The molecule has 1 aromatic carbocycles. The summed E-state index contributed by atoms with van der Waals surface area (Å²) >= 11 is 0. The SMILES string of the molecule is CCC(=O)N(Cc1ccccn1)Oc1ccccc1C(C)C. The zero-order valence-corrected chi connectivity index (χ0v) is 13.3. The Morgan fingerprint density at radius 2 is 1.91 bits per heavy atom. The molecule has 0 bridgehead atoms. The highest BCUT2D eigenvalue weighted by Gasteiger charge is 2.17. The summed E-state index contributed by atoms with van der Waals surface area (Å²) in [5.41, 5.74) is 1.88. The molecule has 0 saturated carbocycles. The first-order valence-corrected chi connectivity index (χ1v) is 7.59. The van der Waals surface area contributed by atoms with Crippen LogP contribution in [-0.4, -0.2) is 16.0 Å². The van der Waals surface area contributed by atoms with Crippen LogP contribution in [0.25, 0.3) is 0 Å². The number of hydrogen-bond donors (Lipinski definition) is 0. The molecule has 0 aliphatic rings. The van der Waals surface area contributed by atoms with Crippen molar-refractivity contribution in [3.63, 3.8) is 0 Å². The van der Waals surface area contributed by atoms with Gasteiger partial charge in [-0.2, -0.15) is 5.06 Å². The average Bonchev–Trinajstić information content (AvgIpc) is 2.54. The van der Waals surface area contributed by atoms with Crippen molar-refractivity contribution in [1.82, 2.24) is 10.0 Å². The number of hydroxylamine groups is 2. The molecule has 4 heteroatoms. The number of para-hydroxylation sites is 1. The lowest BCUT2D eigenvalue weighted by Gasteiger charge is -2.24. The van der Waals surface area contributed by atoms with Gasteiger partial charge in [-0.05, 0) is 29.7 Å². The number of amides is 1. The molecule has 22 heavy (non-hydrogen) atoms. The molecule has 0 radical (unpaired) electrons. The maximum Gasteiger partial charge on any atom is 0.255 e. The summed E-state index contributed by atoms with van der Waals surface area (Å²) in [6.07, 6.45) is 2.10. The van der Waals surface area contributed by atoms with Crippen LogP contribution < -0.4 is 4.84 Å². The Hall–Kier alpha value is -2.36. The van der Waals surface area contributed by atoms with Gasteiger partial charge in [-0.3, -0.25) is 9.78 Å². The van der Waals surface area contributed by atoms with Crippen molar-refractivity contribution in [2.45, 2.75) is 39.7 Å². The third-order valence-electron chi connectivity index (χ3n) is 3.36. The molecule has 116 valence electrons. The molecular formula is C18H22N2O2. The Balaban J connectivity index is 2.22. The minimum atomic E-state index is -0.0655. The van der Waals surface area contributed by atoms with Crippen molar-refractivity contribution in [2.24, 2.45) is 0 Å². The zero-order valence-electron chi connectivity index (χ0n) is 13.3. The van der Waals surface area contributed by atoms with Gasteiger partial charge in [-0.15, -0.1) is 0 Å². The van der Waals surface area contributed by atoms with Crippen LogP contribution in [0.1, 0.15) is 44.4 Å². The number of aromatic nitrogens is 1. The highest BCUT2D eigenvalue weighted by Crippen LogP contribution is 2.27. The van der Waals surface area contributed by atoms with Gasteiger partial charge in [0.2, 0.25) is 0 Å². The second-order valence-corrected chi connectivity index (χ2v) is 5.39. The van der Waals surface area contributed by atoms with Crippen LogP contribution in [0.5, 0.6) is 5.75 Å². The fraction of sp³-hybridized carbons (Fsp3) is 0.333. The largest absolute Gasteiger partial charge is 0.376 e. The normalized spacial score (nSPS) is 10.5. The second kappa shape index (κ2) is 7.59. The van der Waals surface area contributed by atoms with E-state index in [1.54, 1.807) is 6.20 Å². The molecule has 0 unspecified atom stereocenters. The summed E-state index contributed by atoms with van der Waals surface area (Å²) in [6, 6.07) is 13.4. The molecule has 0 atom stereocenters. The minimum Gasteiger partial charge on any atom is -0.376 e. The van der Waals surface area contributed by atoms with E-state index >= 15 is 0 Å². The fourth-order valence-electron chi connectivity index (χ4n) is 2.15. The number of hydrogen-bond acceptors (Lipinski definition) is 3. The van der Waals surface area contributed by atoms with Crippen LogP contribution in [0.2, 0.25) is 0 Å². The van der Waals surface area contributed by atoms with E-state index in [1.807, 2.05) is 49.4 Å². The highest BCUT2D eigenvalue weighted by molar-refractivity contribution is 5.74. The number of rotatable bonds is 6. The van der Waals surface area contributed by atoms with E-state index in [0.717, 1.165) is 17.0 Å². The first kappa shape index (κ1) is 16.0. The molecule has 1 aromatic heterocycles. The topological polar surface area (TPSA) is 42.4 Å². The summed E-state index contributed by atoms with van der Waals surface area (Å²) in [5, 5.41) is 1.39. The smallest absolute Gasteiger partial charge is 0.255 e. The van der Waals surface area contributed by atoms with Gasteiger partial charge in [0.1, 0.15) is 6.54 Å². The molecule has 1 amide bonds.